The van der Waals surface area contributed by atoms with E-state index in [1.165, 1.54) is 68.4 Å². The molecule has 1 N–H and O–H groups in total. The van der Waals surface area contributed by atoms with Crippen LogP contribution in [0, 0.1) is 12.8 Å². The molecule has 1 amide bonds. The Morgan fingerprint density at radius 3 is 2.57 bits per heavy atom. The molecular formula is C22H30N4OS. The largest absolute Gasteiger partial charge is 0.346 e. The minimum Gasteiger partial charge on any atom is -0.346 e. The van der Waals surface area contributed by atoms with Crippen molar-refractivity contribution in [3.8, 4) is 0 Å². The fourth-order valence-electron chi connectivity index (χ4n) is 4.03. The van der Waals surface area contributed by atoms with E-state index >= 15 is 0 Å². The third-order valence-corrected chi connectivity index (χ3v) is 6.76. The highest BCUT2D eigenvalue weighted by molar-refractivity contribution is 7.13. The summed E-state index contributed by atoms with van der Waals surface area (Å²) in [7, 11) is 0. The predicted octanol–water partition coefficient (Wildman–Crippen LogP) is 4.32. The fraction of sp³-hybridized carbons (Fsp3) is 0.591. The molecule has 2 aliphatic carbocycles. The lowest BCUT2D eigenvalue weighted by Crippen LogP contribution is -2.32. The summed E-state index contributed by atoms with van der Waals surface area (Å²) in [5.41, 5.74) is 2.31. The van der Waals surface area contributed by atoms with Crippen LogP contribution in [0.5, 0.6) is 0 Å². The molecular weight excluding hydrogens is 368 g/mol. The maximum atomic E-state index is 12.4. The van der Waals surface area contributed by atoms with Gasteiger partial charge in [-0.05, 0) is 44.1 Å². The Kier molecular flexibility index (Phi) is 6.37. The van der Waals surface area contributed by atoms with Gasteiger partial charge < -0.3 is 5.32 Å². The van der Waals surface area contributed by atoms with Crippen molar-refractivity contribution in [2.24, 2.45) is 5.92 Å². The van der Waals surface area contributed by atoms with Crippen LogP contribution in [0.15, 0.2) is 24.3 Å². The predicted molar refractivity (Wildman–Crippen MR) is 112 cm³/mol. The van der Waals surface area contributed by atoms with Gasteiger partial charge in [-0.2, -0.15) is 0 Å². The van der Waals surface area contributed by atoms with E-state index in [0.717, 1.165) is 23.0 Å². The van der Waals surface area contributed by atoms with Crippen molar-refractivity contribution < 1.29 is 4.79 Å². The highest BCUT2D eigenvalue weighted by Gasteiger charge is 2.31. The number of nitrogens with one attached hydrogen (secondary N) is 1. The molecule has 28 heavy (non-hydrogen) atoms. The van der Waals surface area contributed by atoms with Gasteiger partial charge >= 0.3 is 0 Å². The molecule has 1 heterocycles. The lowest BCUT2D eigenvalue weighted by atomic mass is 9.89. The Morgan fingerprint density at radius 1 is 1.11 bits per heavy atom. The normalized spacial score (nSPS) is 17.8. The van der Waals surface area contributed by atoms with Gasteiger partial charge in [0.2, 0.25) is 5.01 Å². The molecule has 2 aliphatic rings. The SMILES string of the molecule is Cc1ccc(CNC(=O)c2nnc(CN(CC3CCCCC3)C3CC3)s2)cc1. The van der Waals surface area contributed by atoms with Crippen LogP contribution in [0.25, 0.3) is 0 Å². The zero-order chi connectivity index (χ0) is 19.3. The zero-order valence-electron chi connectivity index (χ0n) is 16.7. The molecule has 0 spiro atoms. The second-order valence-corrected chi connectivity index (χ2v) is 9.40. The lowest BCUT2D eigenvalue weighted by molar-refractivity contribution is 0.0950. The topological polar surface area (TPSA) is 58.1 Å². The first-order valence-electron chi connectivity index (χ1n) is 10.6. The molecule has 0 aliphatic heterocycles. The van der Waals surface area contributed by atoms with Gasteiger partial charge in [-0.3, -0.25) is 9.69 Å². The van der Waals surface area contributed by atoms with E-state index in [1.807, 2.05) is 12.1 Å². The Balaban J connectivity index is 1.30. The van der Waals surface area contributed by atoms with Crippen LogP contribution in [0.1, 0.15) is 70.9 Å². The lowest BCUT2D eigenvalue weighted by Gasteiger charge is -2.29. The van der Waals surface area contributed by atoms with E-state index < -0.39 is 0 Å². The molecule has 150 valence electrons. The molecule has 2 aromatic rings. The van der Waals surface area contributed by atoms with E-state index in [1.54, 1.807) is 0 Å². The van der Waals surface area contributed by atoms with Crippen molar-refractivity contribution in [3.63, 3.8) is 0 Å². The third kappa shape index (κ3) is 5.39. The van der Waals surface area contributed by atoms with Gasteiger partial charge in [0.1, 0.15) is 5.01 Å². The summed E-state index contributed by atoms with van der Waals surface area (Å²) in [5, 5.41) is 12.9. The number of hydrogen-bond acceptors (Lipinski definition) is 5. The van der Waals surface area contributed by atoms with Crippen LogP contribution < -0.4 is 5.32 Å². The number of aryl methyl sites for hydroxylation is 1. The van der Waals surface area contributed by atoms with Gasteiger partial charge in [-0.1, -0.05) is 60.4 Å². The van der Waals surface area contributed by atoms with E-state index in [4.69, 9.17) is 0 Å². The molecule has 2 saturated carbocycles. The number of hydrogen-bond donors (Lipinski definition) is 1. The summed E-state index contributed by atoms with van der Waals surface area (Å²) in [6.07, 6.45) is 9.50. The minimum absolute atomic E-state index is 0.130. The first-order valence-corrected chi connectivity index (χ1v) is 11.4. The van der Waals surface area contributed by atoms with Crippen molar-refractivity contribution >= 4 is 17.2 Å². The van der Waals surface area contributed by atoms with E-state index in [-0.39, 0.29) is 5.91 Å². The fourth-order valence-corrected chi connectivity index (χ4v) is 4.81. The van der Waals surface area contributed by atoms with Crippen LogP contribution in [-0.2, 0) is 13.1 Å². The second kappa shape index (κ2) is 9.14. The summed E-state index contributed by atoms with van der Waals surface area (Å²) in [6, 6.07) is 8.91. The molecule has 1 aromatic carbocycles. The Morgan fingerprint density at radius 2 is 1.86 bits per heavy atom. The third-order valence-electron chi connectivity index (χ3n) is 5.85. The number of amides is 1. The van der Waals surface area contributed by atoms with Gasteiger partial charge in [0.05, 0.1) is 6.54 Å². The van der Waals surface area contributed by atoms with E-state index in [2.05, 4.69) is 39.5 Å². The van der Waals surface area contributed by atoms with Crippen molar-refractivity contribution in [1.82, 2.24) is 20.4 Å². The van der Waals surface area contributed by atoms with Crippen molar-refractivity contribution in [2.75, 3.05) is 6.54 Å². The molecule has 0 atom stereocenters. The van der Waals surface area contributed by atoms with E-state index in [9.17, 15) is 4.79 Å². The first-order chi connectivity index (χ1) is 13.7. The summed E-state index contributed by atoms with van der Waals surface area (Å²) < 4.78 is 0. The standard InChI is InChI=1S/C22H30N4OS/c1-16-7-9-17(10-8-16)13-23-21(27)22-25-24-20(28-22)15-26(19-11-12-19)14-18-5-3-2-4-6-18/h7-10,18-19H,2-6,11-15H2,1H3,(H,23,27). The summed E-state index contributed by atoms with van der Waals surface area (Å²) in [6.45, 7) is 4.59. The van der Waals surface area contributed by atoms with Gasteiger partial charge in [-0.15, -0.1) is 10.2 Å². The molecule has 5 nitrogen and oxygen atoms in total. The second-order valence-electron chi connectivity index (χ2n) is 8.33. The molecule has 1 aromatic heterocycles. The molecule has 0 radical (unpaired) electrons. The Hall–Kier alpha value is -1.79. The molecule has 6 heteroatoms. The zero-order valence-corrected chi connectivity index (χ0v) is 17.5. The summed E-state index contributed by atoms with van der Waals surface area (Å²) in [4.78, 5) is 15.0. The maximum absolute atomic E-state index is 12.4. The van der Waals surface area contributed by atoms with Crippen LogP contribution in [0.2, 0.25) is 0 Å². The van der Waals surface area contributed by atoms with Crippen LogP contribution in [-0.4, -0.2) is 33.6 Å². The number of carbonyl (C=O) groups excluding carboxylic acids is 1. The van der Waals surface area contributed by atoms with Crippen LogP contribution >= 0.6 is 11.3 Å². The van der Waals surface area contributed by atoms with Gasteiger partial charge in [0, 0.05) is 19.1 Å². The van der Waals surface area contributed by atoms with Gasteiger partial charge in [0.15, 0.2) is 0 Å². The maximum Gasteiger partial charge on any atom is 0.282 e. The van der Waals surface area contributed by atoms with Crippen LogP contribution in [0.3, 0.4) is 0 Å². The Bertz CT molecular complexity index is 778. The van der Waals surface area contributed by atoms with Gasteiger partial charge in [-0.25, -0.2) is 0 Å². The first kappa shape index (κ1) is 19.5. The molecule has 0 saturated heterocycles. The summed E-state index contributed by atoms with van der Waals surface area (Å²) >= 11 is 1.44. The molecule has 4 rings (SSSR count). The van der Waals surface area contributed by atoms with Crippen molar-refractivity contribution in [2.45, 2.75) is 71.0 Å². The highest BCUT2D eigenvalue weighted by atomic mass is 32.1. The number of carbonyl (C=O) groups is 1. The number of aromatic nitrogens is 2. The number of rotatable bonds is 8. The average Bonchev–Trinajstić information content (AvgIpc) is 3.46. The minimum atomic E-state index is -0.130. The number of benzene rings is 1. The van der Waals surface area contributed by atoms with Gasteiger partial charge in [0.25, 0.3) is 5.91 Å². The van der Waals surface area contributed by atoms with Crippen molar-refractivity contribution in [3.05, 3.63) is 45.4 Å². The number of nitrogens with zero attached hydrogens (tertiary/aromatic N) is 3. The molecule has 0 bridgehead atoms. The van der Waals surface area contributed by atoms with Crippen LogP contribution in [0.4, 0.5) is 0 Å². The summed E-state index contributed by atoms with van der Waals surface area (Å²) in [5.74, 6) is 0.703. The smallest absolute Gasteiger partial charge is 0.282 e. The van der Waals surface area contributed by atoms with Crippen molar-refractivity contribution in [1.29, 1.82) is 0 Å². The molecule has 0 unspecified atom stereocenters. The molecule has 2 fully saturated rings. The quantitative estimate of drug-likeness (QED) is 0.719. The highest BCUT2D eigenvalue weighted by Crippen LogP contribution is 2.32. The van der Waals surface area contributed by atoms with E-state index in [0.29, 0.717) is 17.6 Å². The monoisotopic (exact) mass is 398 g/mol. The average molecular weight is 399 g/mol. The Labute approximate surface area is 171 Å².